The summed E-state index contributed by atoms with van der Waals surface area (Å²) < 4.78 is 25.5. The van der Waals surface area contributed by atoms with Crippen LogP contribution in [0.1, 0.15) is 24.2 Å². The van der Waals surface area contributed by atoms with Crippen LogP contribution in [0.15, 0.2) is 18.2 Å². The molecule has 1 aromatic carbocycles. The number of hydrogen-bond donors (Lipinski definition) is 1. The molecular weight excluding hydrogens is 306 g/mol. The molecule has 1 atom stereocenters. The molecule has 0 fully saturated rings. The highest BCUT2D eigenvalue weighted by atomic mass is 35.5. The van der Waals surface area contributed by atoms with E-state index < -0.39 is 17.3 Å². The quantitative estimate of drug-likeness (QED) is 0.612. The molecule has 0 saturated heterocycles. The van der Waals surface area contributed by atoms with Crippen LogP contribution in [0.5, 0.6) is 0 Å². The molecule has 0 saturated carbocycles. The van der Waals surface area contributed by atoms with Crippen LogP contribution in [0.2, 0.25) is 5.02 Å². The van der Waals surface area contributed by atoms with Gasteiger partial charge in [0.2, 0.25) is 0 Å². The van der Waals surface area contributed by atoms with E-state index in [1.165, 1.54) is 12.1 Å². The average Bonchev–Trinajstić information content (AvgIpc) is 2.33. The predicted octanol–water partition coefficient (Wildman–Crippen LogP) is 2.27. The lowest BCUT2D eigenvalue weighted by Gasteiger charge is -2.26. The number of benzene rings is 1. The Morgan fingerprint density at radius 1 is 1.55 bits per heavy atom. The van der Waals surface area contributed by atoms with E-state index in [-0.39, 0.29) is 23.2 Å². The molecule has 1 rings (SSSR count). The van der Waals surface area contributed by atoms with Crippen LogP contribution >= 0.6 is 11.6 Å². The van der Waals surface area contributed by atoms with Crippen molar-refractivity contribution in [1.29, 1.82) is 0 Å². The van der Waals surface area contributed by atoms with Crippen LogP contribution in [0.25, 0.3) is 0 Å². The number of carbonyl (C=O) groups is 1. The average molecular weight is 321 g/mol. The molecule has 1 unspecified atom stereocenters. The molecule has 8 heteroatoms. The molecule has 0 amide bonds. The van der Waals surface area contributed by atoms with E-state index in [2.05, 4.69) is 4.18 Å². The highest BCUT2D eigenvalue weighted by molar-refractivity contribution is 7.74. The number of rotatable bonds is 7. The zero-order valence-corrected chi connectivity index (χ0v) is 12.6. The Bertz CT molecular complexity index is 509. The monoisotopic (exact) mass is 320 g/mol. The Morgan fingerprint density at radius 2 is 2.20 bits per heavy atom. The maximum atomic E-state index is 10.9. The van der Waals surface area contributed by atoms with E-state index in [4.69, 9.17) is 16.7 Å². The Balaban J connectivity index is 2.97. The van der Waals surface area contributed by atoms with Crippen molar-refractivity contribution in [2.45, 2.75) is 13.8 Å². The summed E-state index contributed by atoms with van der Waals surface area (Å²) in [6.07, 6.45) is 0. The van der Waals surface area contributed by atoms with E-state index in [1.54, 1.807) is 11.0 Å². The standard InChI is InChI=1S/C12H16ClNO5S/c1-8(2)6-14(7-19-20(17)18)9-3-4-10(12(15)16)11(13)5-9/h3-5,8H,6-7H2,1-2H3,(H,15,16)(H,17,18)/p-1. The van der Waals surface area contributed by atoms with Crippen LogP contribution in [0.3, 0.4) is 0 Å². The lowest BCUT2D eigenvalue weighted by atomic mass is 10.1. The minimum absolute atomic E-state index is 0.00627. The normalized spacial score (nSPS) is 12.4. The number of carboxylic acids is 1. The number of aromatic carboxylic acids is 1. The summed E-state index contributed by atoms with van der Waals surface area (Å²) in [5, 5.41) is 9.00. The topological polar surface area (TPSA) is 89.9 Å². The molecule has 0 aliphatic carbocycles. The van der Waals surface area contributed by atoms with Gasteiger partial charge in [-0.2, -0.15) is 0 Å². The zero-order chi connectivity index (χ0) is 15.3. The van der Waals surface area contributed by atoms with Crippen molar-refractivity contribution in [3.8, 4) is 0 Å². The van der Waals surface area contributed by atoms with Crippen molar-refractivity contribution in [3.05, 3.63) is 28.8 Å². The molecule has 0 aliphatic rings. The third-order valence-corrected chi connectivity index (χ3v) is 3.05. The molecule has 0 aliphatic heterocycles. The van der Waals surface area contributed by atoms with Gasteiger partial charge in [-0.15, -0.1) is 0 Å². The van der Waals surface area contributed by atoms with E-state index in [0.29, 0.717) is 12.2 Å². The summed E-state index contributed by atoms with van der Waals surface area (Å²) in [7, 11) is 0. The summed E-state index contributed by atoms with van der Waals surface area (Å²) >= 11 is 3.29. The van der Waals surface area contributed by atoms with E-state index >= 15 is 0 Å². The maximum Gasteiger partial charge on any atom is 0.337 e. The number of nitrogens with zero attached hydrogens (tertiary/aromatic N) is 1. The lowest BCUT2D eigenvalue weighted by Crippen LogP contribution is -2.30. The summed E-state index contributed by atoms with van der Waals surface area (Å²) in [6, 6.07) is 4.42. The van der Waals surface area contributed by atoms with E-state index in [9.17, 15) is 13.6 Å². The second-order valence-electron chi connectivity index (χ2n) is 4.54. The van der Waals surface area contributed by atoms with Gasteiger partial charge in [-0.3, -0.25) is 4.18 Å². The van der Waals surface area contributed by atoms with Crippen molar-refractivity contribution >= 4 is 34.6 Å². The SMILES string of the molecule is CC(C)CN(COS(=O)[O-])c1ccc(C(=O)O)c(Cl)c1. The summed E-state index contributed by atoms with van der Waals surface area (Å²) in [5.74, 6) is -0.856. The van der Waals surface area contributed by atoms with Crippen LogP contribution < -0.4 is 4.90 Å². The molecule has 0 radical (unpaired) electrons. The van der Waals surface area contributed by atoms with Gasteiger partial charge in [0.1, 0.15) is 6.73 Å². The van der Waals surface area contributed by atoms with Crippen molar-refractivity contribution < 1.29 is 22.8 Å². The fourth-order valence-corrected chi connectivity index (χ4v) is 2.12. The molecule has 1 N–H and O–H groups in total. The molecule has 20 heavy (non-hydrogen) atoms. The Morgan fingerprint density at radius 3 is 2.65 bits per heavy atom. The van der Waals surface area contributed by atoms with Gasteiger partial charge in [0, 0.05) is 12.2 Å². The van der Waals surface area contributed by atoms with Crippen LogP contribution in [0, 0.1) is 5.92 Å². The predicted molar refractivity (Wildman–Crippen MR) is 75.5 cm³/mol. The third kappa shape index (κ3) is 5.09. The molecule has 0 heterocycles. The van der Waals surface area contributed by atoms with Crippen molar-refractivity contribution in [1.82, 2.24) is 0 Å². The fraction of sp³-hybridized carbons (Fsp3) is 0.417. The Kier molecular flexibility index (Phi) is 6.41. The van der Waals surface area contributed by atoms with E-state index in [0.717, 1.165) is 0 Å². The smallest absolute Gasteiger partial charge is 0.337 e. The molecule has 0 aromatic heterocycles. The first-order chi connectivity index (χ1) is 9.31. The first-order valence-corrected chi connectivity index (χ1v) is 7.19. The Hall–Kier alpha value is -1.15. The van der Waals surface area contributed by atoms with Gasteiger partial charge in [0.05, 0.1) is 21.9 Å². The Labute approximate surface area is 124 Å². The van der Waals surface area contributed by atoms with Crippen molar-refractivity contribution in [2.75, 3.05) is 18.2 Å². The zero-order valence-electron chi connectivity index (χ0n) is 11.0. The van der Waals surface area contributed by atoms with Gasteiger partial charge >= 0.3 is 5.97 Å². The largest absolute Gasteiger partial charge is 0.750 e. The highest BCUT2D eigenvalue weighted by Crippen LogP contribution is 2.24. The number of hydrogen-bond acceptors (Lipinski definition) is 5. The van der Waals surface area contributed by atoms with Crippen molar-refractivity contribution in [3.63, 3.8) is 0 Å². The first-order valence-electron chi connectivity index (χ1n) is 5.81. The number of anilines is 1. The summed E-state index contributed by atoms with van der Waals surface area (Å²) in [4.78, 5) is 12.6. The second kappa shape index (κ2) is 7.58. The summed E-state index contributed by atoms with van der Waals surface area (Å²) in [6.45, 7) is 4.32. The van der Waals surface area contributed by atoms with Crippen molar-refractivity contribution in [2.24, 2.45) is 5.92 Å². The third-order valence-electron chi connectivity index (χ3n) is 2.44. The van der Waals surface area contributed by atoms with Gasteiger partial charge < -0.3 is 14.6 Å². The van der Waals surface area contributed by atoms with Gasteiger partial charge in [-0.05, 0) is 24.1 Å². The second-order valence-corrected chi connectivity index (χ2v) is 5.59. The van der Waals surface area contributed by atoms with Gasteiger partial charge in [-0.25, -0.2) is 9.00 Å². The lowest BCUT2D eigenvalue weighted by molar-refractivity contribution is 0.0697. The van der Waals surface area contributed by atoms with Crippen LogP contribution in [-0.4, -0.2) is 33.1 Å². The molecule has 0 bridgehead atoms. The molecule has 6 nitrogen and oxygen atoms in total. The van der Waals surface area contributed by atoms with Gasteiger partial charge in [0.15, 0.2) is 0 Å². The fourth-order valence-electron chi connectivity index (χ4n) is 1.65. The highest BCUT2D eigenvalue weighted by Gasteiger charge is 2.14. The first kappa shape index (κ1) is 16.9. The molecular formula is C12H15ClNO5S-. The number of halogens is 1. The number of carboxylic acid groups (broad SMARTS) is 1. The molecule has 0 spiro atoms. The molecule has 112 valence electrons. The van der Waals surface area contributed by atoms with Crippen LogP contribution in [-0.2, 0) is 15.5 Å². The minimum atomic E-state index is -2.61. The minimum Gasteiger partial charge on any atom is -0.750 e. The van der Waals surface area contributed by atoms with E-state index in [1.807, 2.05) is 13.8 Å². The maximum absolute atomic E-state index is 10.9. The molecule has 1 aromatic rings. The summed E-state index contributed by atoms with van der Waals surface area (Å²) in [5.41, 5.74) is 0.590. The van der Waals surface area contributed by atoms with Gasteiger partial charge in [0.25, 0.3) is 0 Å². The van der Waals surface area contributed by atoms with Gasteiger partial charge in [-0.1, -0.05) is 25.4 Å². The van der Waals surface area contributed by atoms with Crippen LogP contribution in [0.4, 0.5) is 5.69 Å².